The van der Waals surface area contributed by atoms with Gasteiger partial charge >= 0.3 is 0 Å². The highest BCUT2D eigenvalue weighted by molar-refractivity contribution is 7.90. The summed E-state index contributed by atoms with van der Waals surface area (Å²) in [5.74, 6) is 1.18. The smallest absolute Gasteiger partial charge is 0.268 e. The van der Waals surface area contributed by atoms with Gasteiger partial charge in [-0.2, -0.15) is 0 Å². The van der Waals surface area contributed by atoms with Gasteiger partial charge < -0.3 is 14.5 Å². The number of nitrogens with one attached hydrogen (secondary N) is 1. The lowest BCUT2D eigenvalue weighted by atomic mass is 10.1. The second-order valence-corrected chi connectivity index (χ2v) is 9.85. The highest BCUT2D eigenvalue weighted by Crippen LogP contribution is 2.38. The third-order valence-corrected chi connectivity index (χ3v) is 7.47. The van der Waals surface area contributed by atoms with E-state index in [2.05, 4.69) is 4.98 Å². The number of fused-ring (bicyclic) bond motifs is 1. The van der Waals surface area contributed by atoms with Crippen molar-refractivity contribution in [2.24, 2.45) is 0 Å². The van der Waals surface area contributed by atoms with Gasteiger partial charge in [0.25, 0.3) is 10.0 Å². The maximum absolute atomic E-state index is 13.4. The van der Waals surface area contributed by atoms with Crippen LogP contribution in [0, 0.1) is 6.92 Å². The summed E-state index contributed by atoms with van der Waals surface area (Å²) in [6, 6.07) is 24.0. The van der Waals surface area contributed by atoms with Crippen molar-refractivity contribution in [3.05, 3.63) is 102 Å². The van der Waals surface area contributed by atoms with Gasteiger partial charge in [-0.15, -0.1) is 0 Å². The molecule has 0 radical (unpaired) electrons. The SMILES string of the molecule is COc1cc2[nH]cc(-c3cccn3S(=O)(=O)c3ccc(C)cc3)c2cc1OCc1ccccc1. The Morgan fingerprint density at radius 1 is 0.912 bits per heavy atom. The molecule has 172 valence electrons. The molecule has 0 bridgehead atoms. The standard InChI is InChI=1S/C27H24N2O4S/c1-19-10-12-21(13-11-19)34(30,31)29-14-6-9-25(29)23-17-28-24-16-26(32-2)27(15-22(23)24)33-18-20-7-4-3-5-8-20/h3-17,28H,18H2,1-2H3. The van der Waals surface area contributed by atoms with E-state index in [1.54, 1.807) is 49.7 Å². The molecular weight excluding hydrogens is 448 g/mol. The van der Waals surface area contributed by atoms with Crippen molar-refractivity contribution in [2.75, 3.05) is 7.11 Å². The van der Waals surface area contributed by atoms with E-state index < -0.39 is 10.0 Å². The minimum atomic E-state index is -3.76. The van der Waals surface area contributed by atoms with Crippen LogP contribution in [-0.2, 0) is 16.6 Å². The Bertz CT molecular complexity index is 1550. The monoisotopic (exact) mass is 472 g/mol. The van der Waals surface area contributed by atoms with Gasteiger partial charge in [0.15, 0.2) is 11.5 Å². The first kappa shape index (κ1) is 21.9. The topological polar surface area (TPSA) is 73.3 Å². The molecule has 5 aromatic rings. The number of aromatic amines is 1. The number of nitrogens with zero attached hydrogens (tertiary/aromatic N) is 1. The average molecular weight is 473 g/mol. The maximum atomic E-state index is 13.4. The quantitative estimate of drug-likeness (QED) is 0.326. The van der Waals surface area contributed by atoms with Gasteiger partial charge in [0, 0.05) is 29.4 Å². The molecule has 1 N–H and O–H groups in total. The van der Waals surface area contributed by atoms with Gasteiger partial charge in [0.05, 0.1) is 23.2 Å². The third kappa shape index (κ3) is 3.95. The Kier molecular flexibility index (Phi) is 5.63. The summed E-state index contributed by atoms with van der Waals surface area (Å²) in [4.78, 5) is 3.47. The minimum absolute atomic E-state index is 0.240. The Labute approximate surface area is 198 Å². The van der Waals surface area contributed by atoms with Crippen LogP contribution in [0.25, 0.3) is 22.2 Å². The summed E-state index contributed by atoms with van der Waals surface area (Å²) in [5.41, 5.74) is 4.17. The largest absolute Gasteiger partial charge is 0.493 e. The predicted octanol–water partition coefficient (Wildman–Crippen LogP) is 5.77. The normalized spacial score (nSPS) is 11.6. The van der Waals surface area contributed by atoms with Gasteiger partial charge in [0.1, 0.15) is 6.61 Å². The lowest BCUT2D eigenvalue weighted by Crippen LogP contribution is -2.13. The van der Waals surface area contributed by atoms with Crippen molar-refractivity contribution in [2.45, 2.75) is 18.4 Å². The molecule has 2 aromatic heterocycles. The molecule has 0 amide bonds. The molecule has 0 saturated heterocycles. The number of methoxy groups -OCH3 is 1. The van der Waals surface area contributed by atoms with Gasteiger partial charge in [-0.05, 0) is 42.8 Å². The average Bonchev–Trinajstić information content (AvgIpc) is 3.50. The van der Waals surface area contributed by atoms with E-state index in [-0.39, 0.29) is 4.90 Å². The molecule has 0 aliphatic carbocycles. The molecule has 0 saturated carbocycles. The maximum Gasteiger partial charge on any atom is 0.268 e. The van der Waals surface area contributed by atoms with Crippen molar-refractivity contribution >= 4 is 20.9 Å². The van der Waals surface area contributed by atoms with Crippen LogP contribution in [0.3, 0.4) is 0 Å². The molecule has 0 aliphatic rings. The first-order valence-electron chi connectivity index (χ1n) is 10.8. The van der Waals surface area contributed by atoms with Crippen LogP contribution in [0.2, 0.25) is 0 Å². The highest BCUT2D eigenvalue weighted by Gasteiger charge is 2.22. The van der Waals surface area contributed by atoms with E-state index in [1.165, 1.54) is 3.97 Å². The predicted molar refractivity (Wildman–Crippen MR) is 133 cm³/mol. The molecule has 0 atom stereocenters. The molecule has 3 aromatic carbocycles. The van der Waals surface area contributed by atoms with E-state index in [0.717, 1.165) is 27.6 Å². The van der Waals surface area contributed by atoms with Crippen molar-refractivity contribution in [3.8, 4) is 22.8 Å². The summed E-state index contributed by atoms with van der Waals surface area (Å²) in [6.45, 7) is 2.32. The summed E-state index contributed by atoms with van der Waals surface area (Å²) in [7, 11) is -2.16. The van der Waals surface area contributed by atoms with E-state index in [1.807, 2.05) is 55.6 Å². The number of aromatic nitrogens is 2. The van der Waals surface area contributed by atoms with Crippen molar-refractivity contribution in [1.82, 2.24) is 8.96 Å². The fraction of sp³-hybridized carbons (Fsp3) is 0.111. The van der Waals surface area contributed by atoms with Crippen molar-refractivity contribution in [3.63, 3.8) is 0 Å². The van der Waals surface area contributed by atoms with E-state index in [9.17, 15) is 8.42 Å². The number of rotatable bonds is 7. The van der Waals surface area contributed by atoms with Gasteiger partial charge in [-0.3, -0.25) is 0 Å². The Balaban J connectivity index is 1.57. The summed E-state index contributed by atoms with van der Waals surface area (Å²) < 4.78 is 39.7. The van der Waals surface area contributed by atoms with Crippen LogP contribution < -0.4 is 9.47 Å². The molecule has 2 heterocycles. The summed E-state index contributed by atoms with van der Waals surface area (Å²) in [6.07, 6.45) is 3.38. The van der Waals surface area contributed by atoms with Gasteiger partial charge in [0.2, 0.25) is 0 Å². The van der Waals surface area contributed by atoms with Gasteiger partial charge in [-0.25, -0.2) is 12.4 Å². The first-order valence-corrected chi connectivity index (χ1v) is 12.3. The van der Waals surface area contributed by atoms with Crippen LogP contribution in [-0.4, -0.2) is 24.5 Å². The van der Waals surface area contributed by atoms with Crippen LogP contribution in [0.5, 0.6) is 11.5 Å². The van der Waals surface area contributed by atoms with Crippen LogP contribution in [0.4, 0.5) is 0 Å². The van der Waals surface area contributed by atoms with Crippen LogP contribution in [0.1, 0.15) is 11.1 Å². The van der Waals surface area contributed by atoms with E-state index in [4.69, 9.17) is 9.47 Å². The second kappa shape index (κ2) is 8.76. The number of hydrogen-bond donors (Lipinski definition) is 1. The molecule has 0 spiro atoms. The number of aryl methyl sites for hydroxylation is 1. The molecule has 0 unspecified atom stereocenters. The fourth-order valence-corrected chi connectivity index (χ4v) is 5.31. The number of benzene rings is 3. The highest BCUT2D eigenvalue weighted by atomic mass is 32.2. The molecule has 7 heteroatoms. The first-order chi connectivity index (χ1) is 16.5. The molecule has 6 nitrogen and oxygen atoms in total. The minimum Gasteiger partial charge on any atom is -0.493 e. The molecule has 0 aliphatic heterocycles. The molecular formula is C27H24N2O4S. The lowest BCUT2D eigenvalue weighted by molar-refractivity contribution is 0.285. The second-order valence-electron chi connectivity index (χ2n) is 8.03. The Morgan fingerprint density at radius 2 is 1.68 bits per heavy atom. The number of ether oxygens (including phenoxy) is 2. The summed E-state index contributed by atoms with van der Waals surface area (Å²) >= 11 is 0. The van der Waals surface area contributed by atoms with Crippen LogP contribution in [0.15, 0.2) is 96.2 Å². The molecule has 34 heavy (non-hydrogen) atoms. The van der Waals surface area contributed by atoms with Crippen molar-refractivity contribution < 1.29 is 17.9 Å². The number of hydrogen-bond acceptors (Lipinski definition) is 4. The van der Waals surface area contributed by atoms with Crippen molar-refractivity contribution in [1.29, 1.82) is 0 Å². The Hall–Kier alpha value is -3.97. The Morgan fingerprint density at radius 3 is 2.41 bits per heavy atom. The lowest BCUT2D eigenvalue weighted by Gasteiger charge is -2.13. The molecule has 5 rings (SSSR count). The zero-order valence-electron chi connectivity index (χ0n) is 18.9. The zero-order chi connectivity index (χ0) is 23.7. The summed E-state index contributed by atoms with van der Waals surface area (Å²) in [5, 5.41) is 0.836. The third-order valence-electron chi connectivity index (χ3n) is 5.77. The van der Waals surface area contributed by atoms with Gasteiger partial charge in [-0.1, -0.05) is 48.0 Å². The number of H-pyrrole nitrogens is 1. The van der Waals surface area contributed by atoms with E-state index >= 15 is 0 Å². The van der Waals surface area contributed by atoms with Crippen LogP contribution >= 0.6 is 0 Å². The fourth-order valence-electron chi connectivity index (χ4n) is 3.96. The zero-order valence-corrected chi connectivity index (χ0v) is 19.7. The molecule has 0 fully saturated rings. The van der Waals surface area contributed by atoms with E-state index in [0.29, 0.717) is 23.8 Å².